The van der Waals surface area contributed by atoms with Crippen molar-refractivity contribution in [3.8, 4) is 0 Å². The van der Waals surface area contributed by atoms with Gasteiger partial charge in [0.2, 0.25) is 5.91 Å². The highest BCUT2D eigenvalue weighted by Gasteiger charge is 2.03. The van der Waals surface area contributed by atoms with Gasteiger partial charge in [0.05, 0.1) is 19.1 Å². The minimum absolute atomic E-state index is 0.101. The van der Waals surface area contributed by atoms with Crippen molar-refractivity contribution in [1.29, 1.82) is 0 Å². The predicted molar refractivity (Wildman–Crippen MR) is 39.4 cm³/mol. The quantitative estimate of drug-likeness (QED) is 0.568. The Morgan fingerprint density at radius 2 is 2.50 bits per heavy atom. The first-order chi connectivity index (χ1) is 4.66. The Bertz CT molecular complexity index is 123. The van der Waals surface area contributed by atoms with Gasteiger partial charge in [-0.25, -0.2) is 0 Å². The Hall–Kier alpha value is -0.830. The van der Waals surface area contributed by atoms with Crippen LogP contribution in [0.5, 0.6) is 0 Å². The molecule has 0 saturated heterocycles. The lowest BCUT2D eigenvalue weighted by molar-refractivity contribution is -0.120. The third-order valence-electron chi connectivity index (χ3n) is 0.987. The number of rotatable bonds is 5. The Morgan fingerprint density at radius 3 is 2.90 bits per heavy atom. The van der Waals surface area contributed by atoms with Crippen LogP contribution in [0.1, 0.15) is 13.3 Å². The van der Waals surface area contributed by atoms with Gasteiger partial charge < -0.3 is 10.5 Å². The van der Waals surface area contributed by atoms with Gasteiger partial charge >= 0.3 is 0 Å². The van der Waals surface area contributed by atoms with E-state index in [-0.39, 0.29) is 18.4 Å². The van der Waals surface area contributed by atoms with Gasteiger partial charge in [-0.3, -0.25) is 4.79 Å². The van der Waals surface area contributed by atoms with Crippen LogP contribution in [-0.4, -0.2) is 18.6 Å². The molecule has 0 radical (unpaired) electrons. The van der Waals surface area contributed by atoms with E-state index in [1.807, 2.05) is 0 Å². The van der Waals surface area contributed by atoms with Crippen LogP contribution in [0, 0.1) is 0 Å². The van der Waals surface area contributed by atoms with Crippen LogP contribution in [0.25, 0.3) is 0 Å². The summed E-state index contributed by atoms with van der Waals surface area (Å²) < 4.78 is 5.08. The van der Waals surface area contributed by atoms with Gasteiger partial charge in [-0.15, -0.1) is 6.58 Å². The van der Waals surface area contributed by atoms with E-state index in [1.54, 1.807) is 13.0 Å². The Kier molecular flexibility index (Phi) is 4.58. The topological polar surface area (TPSA) is 52.3 Å². The van der Waals surface area contributed by atoms with Crippen molar-refractivity contribution in [2.24, 2.45) is 5.73 Å². The van der Waals surface area contributed by atoms with E-state index in [2.05, 4.69) is 6.58 Å². The smallest absolute Gasteiger partial charge is 0.220 e. The molecule has 1 unspecified atom stereocenters. The maximum absolute atomic E-state index is 10.3. The zero-order chi connectivity index (χ0) is 7.98. The predicted octanol–water partition coefficient (Wildman–Crippen LogP) is 0.453. The number of amides is 1. The van der Waals surface area contributed by atoms with Crippen molar-refractivity contribution >= 4 is 5.91 Å². The first kappa shape index (κ1) is 9.17. The molecule has 0 heterocycles. The number of ether oxygens (including phenoxy) is 1. The molecule has 0 aliphatic heterocycles. The molecule has 0 rings (SSSR count). The second-order valence-corrected chi connectivity index (χ2v) is 2.10. The normalized spacial score (nSPS) is 12.5. The summed E-state index contributed by atoms with van der Waals surface area (Å²) in [4.78, 5) is 10.3. The number of hydrogen-bond donors (Lipinski definition) is 1. The van der Waals surface area contributed by atoms with Gasteiger partial charge in [0, 0.05) is 0 Å². The highest BCUT2D eigenvalue weighted by atomic mass is 16.5. The van der Waals surface area contributed by atoms with E-state index in [4.69, 9.17) is 10.5 Å². The molecule has 58 valence electrons. The average Bonchev–Trinajstić information content (AvgIpc) is 1.82. The van der Waals surface area contributed by atoms with E-state index >= 15 is 0 Å². The van der Waals surface area contributed by atoms with Crippen LogP contribution in [0.2, 0.25) is 0 Å². The van der Waals surface area contributed by atoms with Crippen LogP contribution in [0.4, 0.5) is 0 Å². The Labute approximate surface area is 60.9 Å². The summed E-state index contributed by atoms with van der Waals surface area (Å²) in [6.45, 7) is 5.74. The molecule has 2 N–H and O–H groups in total. The number of nitrogens with two attached hydrogens (primary N) is 1. The van der Waals surface area contributed by atoms with Crippen molar-refractivity contribution in [3.63, 3.8) is 0 Å². The molecule has 3 heteroatoms. The highest BCUT2D eigenvalue weighted by Crippen LogP contribution is 1.95. The second-order valence-electron chi connectivity index (χ2n) is 2.10. The van der Waals surface area contributed by atoms with Gasteiger partial charge in [0.25, 0.3) is 0 Å². The first-order valence-electron chi connectivity index (χ1n) is 3.17. The van der Waals surface area contributed by atoms with Crippen LogP contribution in [0.15, 0.2) is 12.7 Å². The Balaban J connectivity index is 3.33. The molecule has 0 aromatic heterocycles. The first-order valence-corrected chi connectivity index (χ1v) is 3.17. The fourth-order valence-electron chi connectivity index (χ4n) is 0.575. The third kappa shape index (κ3) is 5.31. The molecule has 0 aromatic rings. The monoisotopic (exact) mass is 143 g/mol. The van der Waals surface area contributed by atoms with Crippen molar-refractivity contribution in [1.82, 2.24) is 0 Å². The summed E-state index contributed by atoms with van der Waals surface area (Å²) in [7, 11) is 0. The van der Waals surface area contributed by atoms with E-state index in [1.165, 1.54) is 0 Å². The molecule has 0 aliphatic carbocycles. The van der Waals surface area contributed by atoms with Gasteiger partial charge in [-0.05, 0) is 6.92 Å². The molecule has 0 saturated carbocycles. The lowest BCUT2D eigenvalue weighted by atomic mass is 10.3. The molecule has 3 nitrogen and oxygen atoms in total. The summed E-state index contributed by atoms with van der Waals surface area (Å²) in [6, 6.07) is 0. The summed E-state index contributed by atoms with van der Waals surface area (Å²) in [5.41, 5.74) is 4.92. The molecular weight excluding hydrogens is 130 g/mol. The van der Waals surface area contributed by atoms with Gasteiger partial charge in [-0.2, -0.15) is 0 Å². The van der Waals surface area contributed by atoms with E-state index < -0.39 is 0 Å². The minimum atomic E-state index is -0.337. The molecular formula is C7H13NO2. The van der Waals surface area contributed by atoms with Crippen LogP contribution < -0.4 is 5.73 Å². The summed E-state index contributed by atoms with van der Waals surface area (Å²) in [6.07, 6.45) is 1.81. The molecule has 1 amide bonds. The molecule has 0 fully saturated rings. The number of hydrogen-bond acceptors (Lipinski definition) is 2. The average molecular weight is 143 g/mol. The SMILES string of the molecule is C=CCOC(C)CC(N)=O. The van der Waals surface area contributed by atoms with Crippen molar-refractivity contribution in [2.75, 3.05) is 6.61 Å². The zero-order valence-electron chi connectivity index (χ0n) is 6.17. The Morgan fingerprint density at radius 1 is 1.90 bits per heavy atom. The van der Waals surface area contributed by atoms with Crippen molar-refractivity contribution < 1.29 is 9.53 Å². The molecule has 0 aromatic carbocycles. The fourth-order valence-corrected chi connectivity index (χ4v) is 0.575. The molecule has 10 heavy (non-hydrogen) atoms. The van der Waals surface area contributed by atoms with Crippen molar-refractivity contribution in [3.05, 3.63) is 12.7 Å². The summed E-state index contributed by atoms with van der Waals surface area (Å²) in [5.74, 6) is -0.337. The minimum Gasteiger partial charge on any atom is -0.374 e. The maximum Gasteiger partial charge on any atom is 0.220 e. The summed E-state index contributed by atoms with van der Waals surface area (Å²) in [5, 5.41) is 0. The number of carbonyl (C=O) groups is 1. The van der Waals surface area contributed by atoms with Gasteiger partial charge in [0.1, 0.15) is 0 Å². The van der Waals surface area contributed by atoms with E-state index in [0.29, 0.717) is 6.61 Å². The van der Waals surface area contributed by atoms with Crippen LogP contribution >= 0.6 is 0 Å². The molecule has 0 bridgehead atoms. The largest absolute Gasteiger partial charge is 0.374 e. The fraction of sp³-hybridized carbons (Fsp3) is 0.571. The second kappa shape index (κ2) is 4.99. The number of primary amides is 1. The zero-order valence-corrected chi connectivity index (χ0v) is 6.17. The lowest BCUT2D eigenvalue weighted by Gasteiger charge is -2.07. The third-order valence-corrected chi connectivity index (χ3v) is 0.987. The maximum atomic E-state index is 10.3. The molecule has 1 atom stereocenters. The van der Waals surface area contributed by atoms with Gasteiger partial charge in [-0.1, -0.05) is 6.08 Å². The highest BCUT2D eigenvalue weighted by molar-refractivity contribution is 5.74. The summed E-state index contributed by atoms with van der Waals surface area (Å²) >= 11 is 0. The van der Waals surface area contributed by atoms with Crippen molar-refractivity contribution in [2.45, 2.75) is 19.4 Å². The molecule has 0 spiro atoms. The number of carbonyl (C=O) groups excluding carboxylic acids is 1. The van der Waals surface area contributed by atoms with E-state index in [9.17, 15) is 4.79 Å². The van der Waals surface area contributed by atoms with E-state index in [0.717, 1.165) is 0 Å². The van der Waals surface area contributed by atoms with Gasteiger partial charge in [0.15, 0.2) is 0 Å². The van der Waals surface area contributed by atoms with Crippen LogP contribution in [-0.2, 0) is 9.53 Å². The standard InChI is InChI=1S/C7H13NO2/c1-3-4-10-6(2)5-7(8)9/h3,6H,1,4-5H2,2H3,(H2,8,9). The van der Waals surface area contributed by atoms with Crippen LogP contribution in [0.3, 0.4) is 0 Å². The molecule has 0 aliphatic rings. The lowest BCUT2D eigenvalue weighted by Crippen LogP contribution is -2.20.